The number of halogens is 1. The number of ether oxygens (including phenoxy) is 1. The van der Waals surface area contributed by atoms with Crippen molar-refractivity contribution in [3.05, 3.63) is 58.2 Å². The largest absolute Gasteiger partial charge is 0.465 e. The van der Waals surface area contributed by atoms with E-state index in [2.05, 4.69) is 27.1 Å². The molecule has 3 aromatic rings. The Morgan fingerprint density at radius 2 is 2.00 bits per heavy atom. The molecule has 0 N–H and O–H groups in total. The molecule has 22 heavy (non-hydrogen) atoms. The fraction of sp³-hybridized carbons (Fsp3) is 0.0625. The summed E-state index contributed by atoms with van der Waals surface area (Å²) in [4.78, 5) is 11.9. The first-order chi connectivity index (χ1) is 10.7. The third-order valence-electron chi connectivity index (χ3n) is 3.29. The molecule has 1 aromatic heterocycles. The molecule has 108 valence electrons. The van der Waals surface area contributed by atoms with Crippen LogP contribution in [0.25, 0.3) is 16.6 Å². The summed E-state index contributed by atoms with van der Waals surface area (Å²) in [5.74, 6) is -0.411. The Labute approximate surface area is 134 Å². The first-order valence-corrected chi connectivity index (χ1v) is 7.21. The van der Waals surface area contributed by atoms with Crippen molar-refractivity contribution >= 4 is 32.8 Å². The number of nitrogens with zero attached hydrogens (tertiary/aromatic N) is 3. The van der Waals surface area contributed by atoms with Gasteiger partial charge in [-0.1, -0.05) is 6.07 Å². The first kappa shape index (κ1) is 14.3. The molecule has 0 aliphatic carbocycles. The highest BCUT2D eigenvalue weighted by molar-refractivity contribution is 9.10. The van der Waals surface area contributed by atoms with Crippen molar-refractivity contribution in [2.24, 2.45) is 0 Å². The van der Waals surface area contributed by atoms with Gasteiger partial charge in [0.2, 0.25) is 0 Å². The zero-order valence-corrected chi connectivity index (χ0v) is 13.2. The van der Waals surface area contributed by atoms with Crippen LogP contribution in [-0.2, 0) is 4.74 Å². The summed E-state index contributed by atoms with van der Waals surface area (Å²) in [5, 5.41) is 14.0. The second kappa shape index (κ2) is 5.62. The Kier molecular flexibility index (Phi) is 3.65. The Bertz CT molecular complexity index is 908. The fourth-order valence-electron chi connectivity index (χ4n) is 2.23. The second-order valence-electron chi connectivity index (χ2n) is 4.55. The van der Waals surface area contributed by atoms with E-state index in [0.29, 0.717) is 26.6 Å². The van der Waals surface area contributed by atoms with E-state index in [1.165, 1.54) is 7.11 Å². The Balaban J connectivity index is 2.22. The van der Waals surface area contributed by atoms with Crippen molar-refractivity contribution in [1.82, 2.24) is 9.78 Å². The van der Waals surface area contributed by atoms with Crippen LogP contribution >= 0.6 is 15.9 Å². The van der Waals surface area contributed by atoms with Gasteiger partial charge in [-0.2, -0.15) is 10.4 Å². The van der Waals surface area contributed by atoms with E-state index < -0.39 is 5.97 Å². The van der Waals surface area contributed by atoms with E-state index in [-0.39, 0.29) is 0 Å². The van der Waals surface area contributed by atoms with Gasteiger partial charge in [-0.25, -0.2) is 9.48 Å². The number of aromatic nitrogens is 2. The van der Waals surface area contributed by atoms with Gasteiger partial charge in [-0.05, 0) is 52.3 Å². The van der Waals surface area contributed by atoms with Gasteiger partial charge in [0.15, 0.2) is 0 Å². The molecular formula is C16H10BrN3O2. The van der Waals surface area contributed by atoms with E-state index in [1.54, 1.807) is 41.1 Å². The number of hydrogen-bond acceptors (Lipinski definition) is 4. The van der Waals surface area contributed by atoms with Gasteiger partial charge in [0.05, 0.1) is 35.5 Å². The SMILES string of the molecule is COC(=O)c1cccc2nn(-c3ccc(C#N)cc3)c(Br)c12. The van der Waals surface area contributed by atoms with E-state index in [0.717, 1.165) is 5.69 Å². The highest BCUT2D eigenvalue weighted by atomic mass is 79.9. The lowest BCUT2D eigenvalue weighted by Gasteiger charge is -2.03. The van der Waals surface area contributed by atoms with Crippen LogP contribution in [0.1, 0.15) is 15.9 Å². The predicted octanol–water partition coefficient (Wildman–Crippen LogP) is 3.45. The summed E-state index contributed by atoms with van der Waals surface area (Å²) in [6.07, 6.45) is 0. The number of fused-ring (bicyclic) bond motifs is 1. The summed E-state index contributed by atoms with van der Waals surface area (Å²) < 4.78 is 7.15. The molecule has 0 fully saturated rings. The van der Waals surface area contributed by atoms with Crippen LogP contribution in [0, 0.1) is 11.3 Å². The maximum Gasteiger partial charge on any atom is 0.338 e. The number of nitriles is 1. The van der Waals surface area contributed by atoms with Crippen molar-refractivity contribution in [1.29, 1.82) is 5.26 Å². The number of esters is 1. The number of carbonyl (C=O) groups excluding carboxylic acids is 1. The van der Waals surface area contributed by atoms with Gasteiger partial charge in [-0.15, -0.1) is 0 Å². The van der Waals surface area contributed by atoms with Gasteiger partial charge < -0.3 is 4.74 Å². The van der Waals surface area contributed by atoms with Crippen LogP contribution in [-0.4, -0.2) is 22.9 Å². The van der Waals surface area contributed by atoms with E-state index in [9.17, 15) is 4.79 Å². The number of benzene rings is 2. The molecule has 0 spiro atoms. The average Bonchev–Trinajstić information content (AvgIpc) is 2.91. The molecular weight excluding hydrogens is 346 g/mol. The molecule has 0 atom stereocenters. The number of carbonyl (C=O) groups is 1. The zero-order valence-electron chi connectivity index (χ0n) is 11.6. The molecule has 0 bridgehead atoms. The lowest BCUT2D eigenvalue weighted by atomic mass is 10.1. The topological polar surface area (TPSA) is 67.9 Å². The van der Waals surface area contributed by atoms with E-state index >= 15 is 0 Å². The highest BCUT2D eigenvalue weighted by Crippen LogP contribution is 2.30. The van der Waals surface area contributed by atoms with Crippen LogP contribution in [0.3, 0.4) is 0 Å². The summed E-state index contributed by atoms with van der Waals surface area (Å²) in [5.41, 5.74) is 2.50. The maximum atomic E-state index is 11.9. The molecule has 0 aliphatic heterocycles. The van der Waals surface area contributed by atoms with Crippen LogP contribution in [0.4, 0.5) is 0 Å². The standard InChI is InChI=1S/C16H10BrN3O2/c1-22-16(21)12-3-2-4-13-14(12)15(17)20(19-13)11-7-5-10(9-18)6-8-11/h2-8H,1H3. The zero-order chi connectivity index (χ0) is 15.7. The number of hydrogen-bond donors (Lipinski definition) is 0. The van der Waals surface area contributed by atoms with Crippen LogP contribution in [0.2, 0.25) is 0 Å². The Hall–Kier alpha value is -2.65. The lowest BCUT2D eigenvalue weighted by molar-refractivity contribution is 0.0603. The minimum Gasteiger partial charge on any atom is -0.465 e. The summed E-state index contributed by atoms with van der Waals surface area (Å²) in [6, 6.07) is 14.4. The van der Waals surface area contributed by atoms with E-state index in [1.807, 2.05) is 6.07 Å². The van der Waals surface area contributed by atoms with E-state index in [4.69, 9.17) is 10.00 Å². The first-order valence-electron chi connectivity index (χ1n) is 6.42. The molecule has 0 saturated carbocycles. The molecule has 5 nitrogen and oxygen atoms in total. The van der Waals surface area contributed by atoms with Gasteiger partial charge in [0, 0.05) is 5.39 Å². The van der Waals surface area contributed by atoms with Crippen LogP contribution < -0.4 is 0 Å². The average molecular weight is 356 g/mol. The third-order valence-corrected chi connectivity index (χ3v) is 4.02. The third kappa shape index (κ3) is 2.26. The summed E-state index contributed by atoms with van der Waals surface area (Å²) in [6.45, 7) is 0. The van der Waals surface area contributed by atoms with Crippen LogP contribution in [0.15, 0.2) is 47.1 Å². The number of rotatable bonds is 2. The van der Waals surface area contributed by atoms with Gasteiger partial charge in [0.1, 0.15) is 4.60 Å². The molecule has 0 amide bonds. The van der Waals surface area contributed by atoms with Crippen molar-refractivity contribution in [2.45, 2.75) is 0 Å². The van der Waals surface area contributed by atoms with Gasteiger partial charge in [0.25, 0.3) is 0 Å². The quantitative estimate of drug-likeness (QED) is 0.660. The predicted molar refractivity (Wildman–Crippen MR) is 84.8 cm³/mol. The monoisotopic (exact) mass is 355 g/mol. The Morgan fingerprint density at radius 3 is 2.64 bits per heavy atom. The summed E-state index contributed by atoms with van der Waals surface area (Å²) >= 11 is 3.50. The molecule has 0 radical (unpaired) electrons. The van der Waals surface area contributed by atoms with Crippen LogP contribution in [0.5, 0.6) is 0 Å². The minimum atomic E-state index is -0.411. The number of methoxy groups -OCH3 is 1. The smallest absolute Gasteiger partial charge is 0.338 e. The normalized spacial score (nSPS) is 10.4. The molecule has 0 unspecified atom stereocenters. The molecule has 0 saturated heterocycles. The highest BCUT2D eigenvalue weighted by Gasteiger charge is 2.18. The van der Waals surface area contributed by atoms with Crippen molar-refractivity contribution < 1.29 is 9.53 Å². The van der Waals surface area contributed by atoms with Gasteiger partial charge in [-0.3, -0.25) is 0 Å². The lowest BCUT2D eigenvalue weighted by Crippen LogP contribution is -2.01. The maximum absolute atomic E-state index is 11.9. The molecule has 0 aliphatic rings. The second-order valence-corrected chi connectivity index (χ2v) is 5.30. The summed E-state index contributed by atoms with van der Waals surface area (Å²) in [7, 11) is 1.35. The molecule has 1 heterocycles. The Morgan fingerprint density at radius 1 is 1.27 bits per heavy atom. The van der Waals surface area contributed by atoms with Crippen molar-refractivity contribution in [3.8, 4) is 11.8 Å². The van der Waals surface area contributed by atoms with Crippen molar-refractivity contribution in [3.63, 3.8) is 0 Å². The minimum absolute atomic E-state index is 0.411. The van der Waals surface area contributed by atoms with Gasteiger partial charge >= 0.3 is 5.97 Å². The van der Waals surface area contributed by atoms with Crippen molar-refractivity contribution in [2.75, 3.05) is 7.11 Å². The molecule has 2 aromatic carbocycles. The molecule has 6 heteroatoms. The molecule has 3 rings (SSSR count). The fourth-order valence-corrected chi connectivity index (χ4v) is 2.93.